The van der Waals surface area contributed by atoms with E-state index in [-0.39, 0.29) is 12.3 Å². The average Bonchev–Trinajstić information content (AvgIpc) is 2.73. The molecule has 13 heteroatoms. The number of alkyl halides is 3. The second kappa shape index (κ2) is 10.9. The summed E-state index contributed by atoms with van der Waals surface area (Å²) in [5.41, 5.74) is 1.64. The van der Waals surface area contributed by atoms with E-state index in [4.69, 9.17) is 27.9 Å². The van der Waals surface area contributed by atoms with Gasteiger partial charge in [0.1, 0.15) is 18.0 Å². The Labute approximate surface area is 218 Å². The minimum Gasteiger partial charge on any atom is -0.486 e. The molecule has 1 N–H and O–H groups in total. The molecule has 0 heterocycles. The molecule has 3 aromatic carbocycles. The van der Waals surface area contributed by atoms with Crippen LogP contribution in [0.2, 0.25) is 10.0 Å². The molecule has 6 nitrogen and oxygen atoms in total. The van der Waals surface area contributed by atoms with Gasteiger partial charge < -0.3 is 4.74 Å². The fraction of sp³-hybridized carbons (Fsp3) is 0.0952. The van der Waals surface area contributed by atoms with Crippen LogP contribution in [0.15, 0.2) is 62.6 Å². The van der Waals surface area contributed by atoms with Gasteiger partial charge in [-0.2, -0.15) is 18.3 Å². The van der Waals surface area contributed by atoms with Crippen LogP contribution in [0, 0.1) is 10.1 Å². The summed E-state index contributed by atoms with van der Waals surface area (Å²) in [6.07, 6.45) is -3.36. The number of rotatable bonds is 7. The molecule has 178 valence electrons. The first-order valence-corrected chi connectivity index (χ1v) is 11.5. The molecular formula is C21H12Br2Cl2F3N3O3. The van der Waals surface area contributed by atoms with Gasteiger partial charge in [-0.15, -0.1) is 0 Å². The normalized spacial score (nSPS) is 11.6. The second-order valence-electron chi connectivity index (χ2n) is 6.69. The Morgan fingerprint density at radius 2 is 1.76 bits per heavy atom. The Hall–Kier alpha value is -2.34. The number of nitrogens with one attached hydrogen (secondary N) is 1. The Bertz CT molecular complexity index is 1250. The van der Waals surface area contributed by atoms with Crippen molar-refractivity contribution in [3.63, 3.8) is 0 Å². The summed E-state index contributed by atoms with van der Waals surface area (Å²) in [4.78, 5) is 10.3. The van der Waals surface area contributed by atoms with E-state index >= 15 is 0 Å². The molecule has 3 aromatic rings. The van der Waals surface area contributed by atoms with E-state index in [1.165, 1.54) is 6.21 Å². The molecule has 0 aromatic heterocycles. The van der Waals surface area contributed by atoms with Gasteiger partial charge >= 0.3 is 6.18 Å². The van der Waals surface area contributed by atoms with Crippen LogP contribution < -0.4 is 10.2 Å². The minimum absolute atomic E-state index is 0.180. The van der Waals surface area contributed by atoms with E-state index in [1.54, 1.807) is 30.3 Å². The van der Waals surface area contributed by atoms with Crippen molar-refractivity contribution in [1.82, 2.24) is 0 Å². The fourth-order valence-corrected chi connectivity index (χ4v) is 4.62. The fourth-order valence-electron chi connectivity index (χ4n) is 2.71. The third kappa shape index (κ3) is 6.62. The van der Waals surface area contributed by atoms with Crippen molar-refractivity contribution in [2.75, 3.05) is 5.43 Å². The highest BCUT2D eigenvalue weighted by atomic mass is 79.9. The van der Waals surface area contributed by atoms with Gasteiger partial charge in [0.25, 0.3) is 5.69 Å². The number of hydrogen-bond donors (Lipinski definition) is 1. The molecule has 0 amide bonds. The maximum Gasteiger partial charge on any atom is 0.416 e. The molecule has 0 unspecified atom stereocenters. The summed E-state index contributed by atoms with van der Waals surface area (Å²) in [5.74, 6) is 0.495. The maximum absolute atomic E-state index is 12.8. The Kier molecular flexibility index (Phi) is 8.45. The Morgan fingerprint density at radius 1 is 1.09 bits per heavy atom. The van der Waals surface area contributed by atoms with Gasteiger partial charge in [0.05, 0.1) is 25.6 Å². The van der Waals surface area contributed by atoms with E-state index in [9.17, 15) is 23.3 Å². The molecule has 34 heavy (non-hydrogen) atoms. The van der Waals surface area contributed by atoms with E-state index < -0.39 is 22.4 Å². The smallest absolute Gasteiger partial charge is 0.416 e. The van der Waals surface area contributed by atoms with Crippen molar-refractivity contribution in [3.8, 4) is 5.75 Å². The van der Waals surface area contributed by atoms with Crippen LogP contribution in [-0.4, -0.2) is 11.1 Å². The third-order valence-corrected chi connectivity index (χ3v) is 6.09. The third-order valence-electron chi connectivity index (χ3n) is 4.33. The molecule has 0 atom stereocenters. The van der Waals surface area contributed by atoms with Crippen molar-refractivity contribution >= 4 is 72.7 Å². The first-order valence-electron chi connectivity index (χ1n) is 9.16. The summed E-state index contributed by atoms with van der Waals surface area (Å²) in [6.45, 7) is 0.180. The number of hydrogen-bond acceptors (Lipinski definition) is 5. The predicted molar refractivity (Wildman–Crippen MR) is 132 cm³/mol. The van der Waals surface area contributed by atoms with Crippen LogP contribution in [-0.2, 0) is 12.8 Å². The lowest BCUT2D eigenvalue weighted by Crippen LogP contribution is -2.06. The summed E-state index contributed by atoms with van der Waals surface area (Å²) in [7, 11) is 0. The number of ether oxygens (including phenoxy) is 1. The van der Waals surface area contributed by atoms with Crippen molar-refractivity contribution in [3.05, 3.63) is 94.3 Å². The number of benzene rings is 3. The zero-order valence-corrected chi connectivity index (χ0v) is 21.4. The van der Waals surface area contributed by atoms with E-state index in [0.29, 0.717) is 36.4 Å². The molecule has 0 aliphatic rings. The number of hydrazone groups is 1. The van der Waals surface area contributed by atoms with E-state index in [1.807, 2.05) is 0 Å². The quantitative estimate of drug-likeness (QED) is 0.160. The highest BCUT2D eigenvalue weighted by Crippen LogP contribution is 2.36. The number of halogens is 7. The standard InChI is InChI=1S/C21H12Br2Cl2F3N3O3/c22-15-5-11(6-16(23)20(15)34-10-12-1-3-14(24)8-17(12)25)9-29-30-18-4-2-13(21(26,27)28)7-19(18)31(32)33/h1-9,30H,10H2/b29-9-. The highest BCUT2D eigenvalue weighted by Gasteiger charge is 2.33. The Balaban J connectivity index is 1.74. The molecule has 0 aliphatic heterocycles. The van der Waals surface area contributed by atoms with Crippen LogP contribution in [0.25, 0.3) is 0 Å². The van der Waals surface area contributed by atoms with Gasteiger partial charge in [-0.1, -0.05) is 29.3 Å². The minimum atomic E-state index is -4.70. The van der Waals surface area contributed by atoms with E-state index in [0.717, 1.165) is 17.7 Å². The van der Waals surface area contributed by atoms with Crippen molar-refractivity contribution < 1.29 is 22.8 Å². The largest absolute Gasteiger partial charge is 0.486 e. The molecule has 3 rings (SSSR count). The van der Waals surface area contributed by atoms with Gasteiger partial charge in [-0.05, 0) is 73.8 Å². The van der Waals surface area contributed by atoms with Crippen LogP contribution >= 0.6 is 55.1 Å². The molecule has 0 radical (unpaired) electrons. The number of anilines is 1. The van der Waals surface area contributed by atoms with Crippen molar-refractivity contribution in [2.45, 2.75) is 12.8 Å². The average molecular weight is 642 g/mol. The van der Waals surface area contributed by atoms with Crippen molar-refractivity contribution in [1.29, 1.82) is 0 Å². The van der Waals surface area contributed by atoms with E-state index in [2.05, 4.69) is 42.4 Å². The lowest BCUT2D eigenvalue weighted by molar-refractivity contribution is -0.384. The summed E-state index contributed by atoms with van der Waals surface area (Å²) in [6, 6.07) is 10.5. The van der Waals surface area contributed by atoms with Crippen LogP contribution in [0.3, 0.4) is 0 Å². The number of nitro benzene ring substituents is 1. The monoisotopic (exact) mass is 639 g/mol. The summed E-state index contributed by atoms with van der Waals surface area (Å²) in [5, 5.41) is 16.0. The highest BCUT2D eigenvalue weighted by molar-refractivity contribution is 9.11. The molecule has 0 saturated heterocycles. The maximum atomic E-state index is 12.8. The number of nitro groups is 1. The lowest BCUT2D eigenvalue weighted by atomic mass is 10.1. The molecule has 0 spiro atoms. The summed E-state index contributed by atoms with van der Waals surface area (Å²) < 4.78 is 45.5. The first-order chi connectivity index (χ1) is 16.0. The van der Waals surface area contributed by atoms with Gasteiger partial charge in [-0.25, -0.2) is 0 Å². The second-order valence-corrected chi connectivity index (χ2v) is 9.25. The van der Waals surface area contributed by atoms with Gasteiger partial charge in [-0.3, -0.25) is 15.5 Å². The molecule has 0 bridgehead atoms. The van der Waals surface area contributed by atoms with Gasteiger partial charge in [0.15, 0.2) is 0 Å². The zero-order chi connectivity index (χ0) is 25.0. The van der Waals surface area contributed by atoms with Gasteiger partial charge in [0.2, 0.25) is 0 Å². The summed E-state index contributed by atoms with van der Waals surface area (Å²) >= 11 is 18.9. The number of nitrogens with zero attached hydrogens (tertiary/aromatic N) is 2. The van der Waals surface area contributed by atoms with Gasteiger partial charge in [0, 0.05) is 21.7 Å². The first kappa shape index (κ1) is 26.3. The van der Waals surface area contributed by atoms with Crippen molar-refractivity contribution in [2.24, 2.45) is 5.10 Å². The van der Waals surface area contributed by atoms with Crippen LogP contribution in [0.5, 0.6) is 5.75 Å². The lowest BCUT2D eigenvalue weighted by Gasteiger charge is -2.12. The molecule has 0 saturated carbocycles. The molecule has 0 aliphatic carbocycles. The topological polar surface area (TPSA) is 76.8 Å². The Morgan fingerprint density at radius 3 is 2.35 bits per heavy atom. The predicted octanol–water partition coefficient (Wildman–Crippen LogP) is 8.47. The SMILES string of the molecule is O=[N+]([O-])c1cc(C(F)(F)F)ccc1N/N=C\c1cc(Br)c(OCc2ccc(Cl)cc2Cl)c(Br)c1. The molecule has 0 fully saturated rings. The molecular weight excluding hydrogens is 630 g/mol. The van der Waals surface area contributed by atoms with Crippen LogP contribution in [0.1, 0.15) is 16.7 Å². The van der Waals surface area contributed by atoms with Crippen LogP contribution in [0.4, 0.5) is 24.5 Å². The zero-order valence-electron chi connectivity index (χ0n) is 16.7.